The SMILES string of the molecule is Cc1noc(C)c1-c1ccnc(C2CCN(Cc3ncc[nH]3)CC2)c1. The highest BCUT2D eigenvalue weighted by Gasteiger charge is 2.23. The molecule has 0 radical (unpaired) electrons. The summed E-state index contributed by atoms with van der Waals surface area (Å²) in [5, 5.41) is 4.07. The molecule has 1 N–H and O–H groups in total. The Hall–Kier alpha value is -2.47. The second-order valence-electron chi connectivity index (χ2n) is 6.75. The number of aromatic nitrogens is 4. The van der Waals surface area contributed by atoms with Gasteiger partial charge in [0, 0.05) is 35.8 Å². The first-order chi connectivity index (χ1) is 12.2. The van der Waals surface area contributed by atoms with E-state index in [4.69, 9.17) is 4.52 Å². The number of rotatable bonds is 4. The molecule has 0 saturated carbocycles. The molecule has 0 bridgehead atoms. The molecule has 6 heteroatoms. The monoisotopic (exact) mass is 337 g/mol. The average molecular weight is 337 g/mol. The van der Waals surface area contributed by atoms with Crippen LogP contribution in [0.5, 0.6) is 0 Å². The van der Waals surface area contributed by atoms with Crippen LogP contribution in [0.2, 0.25) is 0 Å². The van der Waals surface area contributed by atoms with Gasteiger partial charge in [0.2, 0.25) is 0 Å². The fraction of sp³-hybridized carbons (Fsp3) is 0.421. The summed E-state index contributed by atoms with van der Waals surface area (Å²) in [7, 11) is 0. The number of nitrogens with one attached hydrogen (secondary N) is 1. The quantitative estimate of drug-likeness (QED) is 0.789. The van der Waals surface area contributed by atoms with Crippen molar-refractivity contribution < 1.29 is 4.52 Å². The molecule has 25 heavy (non-hydrogen) atoms. The van der Waals surface area contributed by atoms with Crippen molar-refractivity contribution in [3.05, 3.63) is 53.7 Å². The fourth-order valence-corrected chi connectivity index (χ4v) is 3.71. The Morgan fingerprint density at radius 2 is 2.04 bits per heavy atom. The van der Waals surface area contributed by atoms with Gasteiger partial charge in [-0.25, -0.2) is 4.98 Å². The molecule has 0 aromatic carbocycles. The number of pyridine rings is 1. The zero-order valence-electron chi connectivity index (χ0n) is 14.7. The third-order valence-corrected chi connectivity index (χ3v) is 5.04. The first-order valence-electron chi connectivity index (χ1n) is 8.80. The minimum absolute atomic E-state index is 0.508. The van der Waals surface area contributed by atoms with Gasteiger partial charge in [0.25, 0.3) is 0 Å². The van der Waals surface area contributed by atoms with Crippen molar-refractivity contribution >= 4 is 0 Å². The maximum atomic E-state index is 5.31. The molecule has 0 aliphatic carbocycles. The Morgan fingerprint density at radius 1 is 1.20 bits per heavy atom. The lowest BCUT2D eigenvalue weighted by molar-refractivity contribution is 0.199. The molecule has 0 spiro atoms. The predicted molar refractivity (Wildman–Crippen MR) is 95.0 cm³/mol. The highest BCUT2D eigenvalue weighted by atomic mass is 16.5. The molecule has 130 valence electrons. The number of hydrogen-bond acceptors (Lipinski definition) is 5. The molecular formula is C19H23N5O. The third-order valence-electron chi connectivity index (χ3n) is 5.04. The molecule has 0 unspecified atom stereocenters. The van der Waals surface area contributed by atoms with Crippen LogP contribution < -0.4 is 0 Å². The Morgan fingerprint density at radius 3 is 2.72 bits per heavy atom. The predicted octanol–water partition coefficient (Wildman–Crippen LogP) is 3.46. The van der Waals surface area contributed by atoms with Crippen LogP contribution in [0.25, 0.3) is 11.1 Å². The minimum atomic E-state index is 0.508. The molecule has 0 atom stereocenters. The molecular weight excluding hydrogens is 314 g/mol. The van der Waals surface area contributed by atoms with Crippen molar-refractivity contribution in [1.29, 1.82) is 0 Å². The normalized spacial score (nSPS) is 16.4. The maximum absolute atomic E-state index is 5.31. The summed E-state index contributed by atoms with van der Waals surface area (Å²) in [5.74, 6) is 2.41. The van der Waals surface area contributed by atoms with E-state index >= 15 is 0 Å². The van der Waals surface area contributed by atoms with Gasteiger partial charge < -0.3 is 9.51 Å². The Labute approximate surface area is 147 Å². The molecule has 3 aromatic rings. The smallest absolute Gasteiger partial charge is 0.141 e. The number of likely N-dealkylation sites (tertiary alicyclic amines) is 1. The topological polar surface area (TPSA) is 70.8 Å². The first-order valence-corrected chi connectivity index (χ1v) is 8.80. The fourth-order valence-electron chi connectivity index (χ4n) is 3.71. The summed E-state index contributed by atoms with van der Waals surface area (Å²) in [6, 6.07) is 4.25. The number of imidazole rings is 1. The summed E-state index contributed by atoms with van der Waals surface area (Å²) in [5.41, 5.74) is 4.36. The molecule has 1 saturated heterocycles. The molecule has 0 amide bonds. The van der Waals surface area contributed by atoms with Crippen LogP contribution in [-0.4, -0.2) is 38.1 Å². The van der Waals surface area contributed by atoms with Gasteiger partial charge in [-0.05, 0) is 57.5 Å². The van der Waals surface area contributed by atoms with Gasteiger partial charge in [-0.3, -0.25) is 9.88 Å². The Bertz CT molecular complexity index is 812. The largest absolute Gasteiger partial charge is 0.361 e. The van der Waals surface area contributed by atoms with E-state index in [-0.39, 0.29) is 0 Å². The molecule has 6 nitrogen and oxygen atoms in total. The van der Waals surface area contributed by atoms with Crippen molar-refractivity contribution in [3.8, 4) is 11.1 Å². The summed E-state index contributed by atoms with van der Waals surface area (Å²) in [6.45, 7) is 6.99. The van der Waals surface area contributed by atoms with Crippen molar-refractivity contribution in [2.75, 3.05) is 13.1 Å². The van der Waals surface area contributed by atoms with Crippen molar-refractivity contribution in [2.45, 2.75) is 39.2 Å². The molecule has 1 aliphatic heterocycles. The standard InChI is InChI=1S/C19H23N5O/c1-13-19(14(2)25-23-13)16-3-6-20-17(11-16)15-4-9-24(10-5-15)12-18-21-7-8-22-18/h3,6-8,11,15H,4-5,9-10,12H2,1-2H3,(H,21,22). The summed E-state index contributed by atoms with van der Waals surface area (Å²) in [6.07, 6.45) is 7.85. The first kappa shape index (κ1) is 16.0. The molecule has 1 fully saturated rings. The van der Waals surface area contributed by atoms with E-state index < -0.39 is 0 Å². The molecule has 4 heterocycles. The van der Waals surface area contributed by atoms with E-state index in [9.17, 15) is 0 Å². The van der Waals surface area contributed by atoms with Gasteiger partial charge in [0.15, 0.2) is 0 Å². The van der Waals surface area contributed by atoms with Gasteiger partial charge in [0.05, 0.1) is 12.2 Å². The van der Waals surface area contributed by atoms with Crippen LogP contribution >= 0.6 is 0 Å². The van der Waals surface area contributed by atoms with Crippen molar-refractivity contribution in [1.82, 2.24) is 25.0 Å². The number of aromatic amines is 1. The number of hydrogen-bond donors (Lipinski definition) is 1. The van der Waals surface area contributed by atoms with Crippen LogP contribution in [0.3, 0.4) is 0 Å². The summed E-state index contributed by atoms with van der Waals surface area (Å²) >= 11 is 0. The zero-order chi connectivity index (χ0) is 17.2. The number of aryl methyl sites for hydroxylation is 2. The lowest BCUT2D eigenvalue weighted by Crippen LogP contribution is -2.33. The van der Waals surface area contributed by atoms with E-state index in [1.807, 2.05) is 38.5 Å². The molecule has 3 aromatic heterocycles. The Balaban J connectivity index is 1.46. The second kappa shape index (κ2) is 6.80. The lowest BCUT2D eigenvalue weighted by Gasteiger charge is -2.31. The average Bonchev–Trinajstić information content (AvgIpc) is 3.25. The van der Waals surface area contributed by atoms with Crippen LogP contribution in [0.4, 0.5) is 0 Å². The third kappa shape index (κ3) is 3.35. The van der Waals surface area contributed by atoms with E-state index in [0.717, 1.165) is 60.9 Å². The molecule has 1 aliphatic rings. The summed E-state index contributed by atoms with van der Waals surface area (Å²) in [4.78, 5) is 14.6. The molecule has 4 rings (SSSR count). The number of nitrogens with zero attached hydrogens (tertiary/aromatic N) is 4. The summed E-state index contributed by atoms with van der Waals surface area (Å²) < 4.78 is 5.31. The van der Waals surface area contributed by atoms with Crippen LogP contribution in [-0.2, 0) is 6.54 Å². The maximum Gasteiger partial charge on any atom is 0.141 e. The highest BCUT2D eigenvalue weighted by Crippen LogP contribution is 2.32. The number of piperidine rings is 1. The lowest BCUT2D eigenvalue weighted by atomic mass is 9.91. The number of H-pyrrole nitrogens is 1. The minimum Gasteiger partial charge on any atom is -0.361 e. The van der Waals surface area contributed by atoms with E-state index in [1.54, 1.807) is 0 Å². The van der Waals surface area contributed by atoms with Crippen LogP contribution in [0.15, 0.2) is 35.2 Å². The van der Waals surface area contributed by atoms with Gasteiger partial charge in [-0.2, -0.15) is 0 Å². The van der Waals surface area contributed by atoms with E-state index in [2.05, 4.69) is 31.1 Å². The second-order valence-corrected chi connectivity index (χ2v) is 6.75. The van der Waals surface area contributed by atoms with Gasteiger partial charge >= 0.3 is 0 Å². The van der Waals surface area contributed by atoms with E-state index in [1.165, 1.54) is 5.69 Å². The van der Waals surface area contributed by atoms with Crippen molar-refractivity contribution in [3.63, 3.8) is 0 Å². The van der Waals surface area contributed by atoms with Crippen molar-refractivity contribution in [2.24, 2.45) is 0 Å². The van der Waals surface area contributed by atoms with Crippen LogP contribution in [0, 0.1) is 13.8 Å². The zero-order valence-corrected chi connectivity index (χ0v) is 14.7. The van der Waals surface area contributed by atoms with Gasteiger partial charge in [-0.15, -0.1) is 0 Å². The Kier molecular flexibility index (Phi) is 4.36. The van der Waals surface area contributed by atoms with Gasteiger partial charge in [-0.1, -0.05) is 5.16 Å². The van der Waals surface area contributed by atoms with E-state index in [0.29, 0.717) is 5.92 Å². The van der Waals surface area contributed by atoms with Gasteiger partial charge in [0.1, 0.15) is 11.6 Å². The highest BCUT2D eigenvalue weighted by molar-refractivity contribution is 5.67. The van der Waals surface area contributed by atoms with Crippen LogP contribution in [0.1, 0.15) is 41.7 Å².